The van der Waals surface area contributed by atoms with E-state index in [0.29, 0.717) is 10.8 Å². The molecule has 0 unspecified atom stereocenters. The Morgan fingerprint density at radius 3 is 2.59 bits per heavy atom. The second-order valence-electron chi connectivity index (χ2n) is 8.38. The number of benzene rings is 2. The van der Waals surface area contributed by atoms with Crippen LogP contribution in [0, 0.1) is 6.92 Å². The molecule has 0 aliphatic heterocycles. The van der Waals surface area contributed by atoms with Gasteiger partial charge in [0.25, 0.3) is 0 Å². The van der Waals surface area contributed by atoms with Crippen LogP contribution in [0.25, 0.3) is 27.3 Å². The molecule has 2 aromatic carbocycles. The molecule has 0 atom stereocenters. The van der Waals surface area contributed by atoms with E-state index in [1.807, 2.05) is 49.4 Å². The zero-order valence-electron chi connectivity index (χ0n) is 19.9. The number of hydrogen-bond acceptors (Lipinski definition) is 7. The Morgan fingerprint density at radius 2 is 1.88 bits per heavy atom. The molecule has 0 N–H and O–H groups in total. The Bertz CT molecular complexity index is 1370. The fourth-order valence-corrected chi connectivity index (χ4v) is 4.85. The summed E-state index contributed by atoms with van der Waals surface area (Å²) in [6.07, 6.45) is 0.0567. The molecule has 0 aliphatic carbocycles. The smallest absolute Gasteiger partial charge is 0.305 e. The maximum atomic E-state index is 13.0. The summed E-state index contributed by atoms with van der Waals surface area (Å²) in [5.74, 6) is 0.393. The molecule has 2 heterocycles. The molecule has 0 fully saturated rings. The zero-order chi connectivity index (χ0) is 24.4. The molecule has 0 aliphatic rings. The Morgan fingerprint density at radius 1 is 1.09 bits per heavy atom. The molecule has 0 radical (unpaired) electrons. The standard InChI is InChI=1S/C26H27N3O4S/c1-15(2)25-23(17-7-6-8-18(14-17)32-4)27-26(34-25)29-20-10-9-16(3)13-19(20)24(28-29)21(30)11-12-22(31)33-5/h6-10,13-15H,11-12H2,1-5H3. The van der Waals surface area contributed by atoms with E-state index < -0.39 is 5.97 Å². The SMILES string of the molecule is COC(=O)CCC(=O)c1nn(-c2nc(-c3cccc(OC)c3)c(C(C)C)s2)c2ccc(C)cc12. The third kappa shape index (κ3) is 4.59. The lowest BCUT2D eigenvalue weighted by Gasteiger charge is -2.06. The molecule has 0 amide bonds. The van der Waals surface area contributed by atoms with Crippen molar-refractivity contribution in [1.82, 2.24) is 14.8 Å². The Labute approximate surface area is 202 Å². The topological polar surface area (TPSA) is 83.3 Å². The number of fused-ring (bicyclic) bond motifs is 1. The van der Waals surface area contributed by atoms with Gasteiger partial charge in [0.2, 0.25) is 5.13 Å². The fraction of sp³-hybridized carbons (Fsp3) is 0.308. The first-order valence-electron chi connectivity index (χ1n) is 11.1. The highest BCUT2D eigenvalue weighted by Gasteiger charge is 2.23. The van der Waals surface area contributed by atoms with Crippen molar-refractivity contribution in [3.05, 3.63) is 58.6 Å². The van der Waals surface area contributed by atoms with Gasteiger partial charge in [-0.15, -0.1) is 0 Å². The van der Waals surface area contributed by atoms with E-state index in [-0.39, 0.29) is 24.5 Å². The van der Waals surface area contributed by atoms with Crippen molar-refractivity contribution in [1.29, 1.82) is 0 Å². The predicted molar refractivity (Wildman–Crippen MR) is 133 cm³/mol. The summed E-state index contributed by atoms with van der Waals surface area (Å²) >= 11 is 1.56. The molecule has 4 rings (SSSR count). The van der Waals surface area contributed by atoms with Gasteiger partial charge in [0.1, 0.15) is 11.4 Å². The molecular formula is C26H27N3O4S. The number of ether oxygens (including phenoxy) is 2. The van der Waals surface area contributed by atoms with Crippen molar-refractivity contribution in [3.8, 4) is 22.1 Å². The fourth-order valence-electron chi connectivity index (χ4n) is 3.80. The molecule has 0 bridgehead atoms. The van der Waals surface area contributed by atoms with E-state index in [9.17, 15) is 9.59 Å². The van der Waals surface area contributed by atoms with Crippen LogP contribution in [-0.4, -0.2) is 40.7 Å². The van der Waals surface area contributed by atoms with Crippen LogP contribution in [0.2, 0.25) is 0 Å². The minimum atomic E-state index is -0.419. The molecule has 0 spiro atoms. The van der Waals surface area contributed by atoms with Crippen LogP contribution in [0.3, 0.4) is 0 Å². The Kier molecular flexibility index (Phi) is 6.79. The number of carbonyl (C=O) groups excluding carboxylic acids is 2. The summed E-state index contributed by atoms with van der Waals surface area (Å²) < 4.78 is 11.8. The second-order valence-corrected chi connectivity index (χ2v) is 9.39. The minimum Gasteiger partial charge on any atom is -0.497 e. The van der Waals surface area contributed by atoms with Gasteiger partial charge in [-0.05, 0) is 37.1 Å². The first-order chi connectivity index (χ1) is 16.3. The molecule has 176 valence electrons. The van der Waals surface area contributed by atoms with Crippen LogP contribution in [0.1, 0.15) is 53.5 Å². The summed E-state index contributed by atoms with van der Waals surface area (Å²) in [6, 6.07) is 13.7. The normalized spacial score (nSPS) is 11.2. The third-order valence-corrected chi connectivity index (χ3v) is 6.91. The Balaban J connectivity index is 1.84. The van der Waals surface area contributed by atoms with E-state index in [4.69, 9.17) is 9.72 Å². The van der Waals surface area contributed by atoms with Crippen LogP contribution < -0.4 is 4.74 Å². The van der Waals surface area contributed by atoms with Gasteiger partial charge in [-0.25, -0.2) is 9.67 Å². The quantitative estimate of drug-likeness (QED) is 0.238. The number of carbonyl (C=O) groups is 2. The number of aryl methyl sites for hydroxylation is 1. The third-order valence-electron chi connectivity index (χ3n) is 5.57. The van der Waals surface area contributed by atoms with E-state index in [1.165, 1.54) is 7.11 Å². The first kappa shape index (κ1) is 23.6. The van der Waals surface area contributed by atoms with E-state index >= 15 is 0 Å². The van der Waals surface area contributed by atoms with Gasteiger partial charge in [-0.1, -0.05) is 48.9 Å². The van der Waals surface area contributed by atoms with Gasteiger partial charge >= 0.3 is 5.97 Å². The number of thiazole rings is 1. The molecule has 7 nitrogen and oxygen atoms in total. The highest BCUT2D eigenvalue weighted by Crippen LogP contribution is 2.37. The number of methoxy groups -OCH3 is 2. The van der Waals surface area contributed by atoms with E-state index in [0.717, 1.165) is 38.4 Å². The Hall–Kier alpha value is -3.52. The van der Waals surface area contributed by atoms with Crippen LogP contribution in [-0.2, 0) is 9.53 Å². The van der Waals surface area contributed by atoms with Crippen LogP contribution in [0.5, 0.6) is 5.75 Å². The van der Waals surface area contributed by atoms with Crippen molar-refractivity contribution in [2.45, 2.75) is 39.5 Å². The molecular weight excluding hydrogens is 450 g/mol. The lowest BCUT2D eigenvalue weighted by molar-refractivity contribution is -0.140. The molecule has 8 heteroatoms. The largest absolute Gasteiger partial charge is 0.497 e. The number of aromatic nitrogens is 3. The van der Waals surface area contributed by atoms with Crippen molar-refractivity contribution < 1.29 is 19.1 Å². The molecule has 0 saturated carbocycles. The van der Waals surface area contributed by atoms with Gasteiger partial charge in [0.05, 0.1) is 31.9 Å². The second kappa shape index (κ2) is 9.77. The number of nitrogens with zero attached hydrogens (tertiary/aromatic N) is 3. The number of hydrogen-bond donors (Lipinski definition) is 0. The van der Waals surface area contributed by atoms with Gasteiger partial charge in [0, 0.05) is 22.2 Å². The average molecular weight is 478 g/mol. The van der Waals surface area contributed by atoms with Crippen LogP contribution in [0.15, 0.2) is 42.5 Å². The number of ketones is 1. The maximum Gasteiger partial charge on any atom is 0.305 e. The first-order valence-corrected chi connectivity index (χ1v) is 11.9. The highest BCUT2D eigenvalue weighted by atomic mass is 32.1. The average Bonchev–Trinajstić information content (AvgIpc) is 3.44. The number of rotatable bonds is 8. The van der Waals surface area contributed by atoms with E-state index in [2.05, 4.69) is 23.7 Å². The van der Waals surface area contributed by atoms with E-state index in [1.54, 1.807) is 23.1 Å². The van der Waals surface area contributed by atoms with Gasteiger partial charge in [0.15, 0.2) is 5.78 Å². The van der Waals surface area contributed by atoms with Crippen LogP contribution in [0.4, 0.5) is 0 Å². The summed E-state index contributed by atoms with van der Waals surface area (Å²) in [7, 11) is 2.96. The zero-order valence-corrected chi connectivity index (χ0v) is 20.7. The summed E-state index contributed by atoms with van der Waals surface area (Å²) in [4.78, 5) is 30.6. The summed E-state index contributed by atoms with van der Waals surface area (Å²) in [5.41, 5.74) is 4.00. The van der Waals surface area contributed by atoms with Crippen molar-refractivity contribution in [2.24, 2.45) is 0 Å². The van der Waals surface area contributed by atoms with Crippen molar-refractivity contribution >= 4 is 34.0 Å². The summed E-state index contributed by atoms with van der Waals surface area (Å²) in [5, 5.41) is 6.12. The van der Waals surface area contributed by atoms with Crippen molar-refractivity contribution in [3.63, 3.8) is 0 Å². The molecule has 2 aromatic heterocycles. The lowest BCUT2D eigenvalue weighted by Crippen LogP contribution is -2.07. The summed E-state index contributed by atoms with van der Waals surface area (Å²) in [6.45, 7) is 6.24. The van der Waals surface area contributed by atoms with Gasteiger partial charge < -0.3 is 9.47 Å². The lowest BCUT2D eigenvalue weighted by atomic mass is 10.1. The number of Topliss-reactive ketones (excluding diaryl/α,β-unsaturated/α-hetero) is 1. The molecule has 34 heavy (non-hydrogen) atoms. The van der Waals surface area contributed by atoms with Crippen LogP contribution >= 0.6 is 11.3 Å². The number of esters is 1. The highest BCUT2D eigenvalue weighted by molar-refractivity contribution is 7.14. The van der Waals surface area contributed by atoms with Crippen molar-refractivity contribution in [2.75, 3.05) is 14.2 Å². The molecule has 0 saturated heterocycles. The molecule has 4 aromatic rings. The monoisotopic (exact) mass is 477 g/mol. The minimum absolute atomic E-state index is 0.0181. The van der Waals surface area contributed by atoms with Gasteiger partial charge in [-0.3, -0.25) is 9.59 Å². The predicted octanol–water partition coefficient (Wildman–Crippen LogP) is 5.73. The maximum absolute atomic E-state index is 13.0. The van der Waals surface area contributed by atoms with Gasteiger partial charge in [-0.2, -0.15) is 5.10 Å².